The van der Waals surface area contributed by atoms with Gasteiger partial charge in [0, 0.05) is 31.7 Å². The molecule has 0 N–H and O–H groups in total. The zero-order chi connectivity index (χ0) is 23.6. The van der Waals surface area contributed by atoms with Gasteiger partial charge in [0.2, 0.25) is 5.91 Å². The van der Waals surface area contributed by atoms with E-state index in [-0.39, 0.29) is 29.2 Å². The first-order valence-corrected chi connectivity index (χ1v) is 13.3. The van der Waals surface area contributed by atoms with Gasteiger partial charge in [0.05, 0.1) is 25.8 Å². The van der Waals surface area contributed by atoms with Crippen LogP contribution in [0.3, 0.4) is 0 Å². The number of pyridine rings is 1. The number of likely N-dealkylation sites (tertiary alicyclic amines) is 1. The van der Waals surface area contributed by atoms with Gasteiger partial charge in [0.15, 0.2) is 10.8 Å². The quantitative estimate of drug-likeness (QED) is 0.550. The van der Waals surface area contributed by atoms with E-state index in [0.717, 1.165) is 32.5 Å². The molecule has 1 amide bonds. The molecule has 0 aliphatic carbocycles. The van der Waals surface area contributed by atoms with Crippen LogP contribution in [-0.2, 0) is 24.3 Å². The van der Waals surface area contributed by atoms with Crippen molar-refractivity contribution < 1.29 is 22.7 Å². The summed E-state index contributed by atoms with van der Waals surface area (Å²) in [7, 11) is -3.89. The highest BCUT2D eigenvalue weighted by Gasteiger charge is 2.54. The molecule has 182 valence electrons. The van der Waals surface area contributed by atoms with Crippen molar-refractivity contribution in [3.05, 3.63) is 24.4 Å². The third-order valence-electron chi connectivity index (χ3n) is 6.87. The van der Waals surface area contributed by atoms with Crippen molar-refractivity contribution in [1.29, 1.82) is 0 Å². The normalized spacial score (nSPS) is 25.5. The first kappa shape index (κ1) is 24.3. The lowest BCUT2D eigenvalue weighted by molar-refractivity contribution is -0.140. The molecule has 0 saturated carbocycles. The van der Waals surface area contributed by atoms with Crippen LogP contribution in [0.5, 0.6) is 0 Å². The fourth-order valence-electron chi connectivity index (χ4n) is 5.27. The molecule has 3 aliphatic rings. The molecule has 1 aromatic heterocycles. The highest BCUT2D eigenvalue weighted by molar-refractivity contribution is 7.89. The summed E-state index contributed by atoms with van der Waals surface area (Å²) in [4.78, 5) is 34.5. The Kier molecular flexibility index (Phi) is 7.47. The predicted molar refractivity (Wildman–Crippen MR) is 122 cm³/mol. The third kappa shape index (κ3) is 5.13. The van der Waals surface area contributed by atoms with E-state index in [1.807, 2.05) is 0 Å². The minimum atomic E-state index is -3.89. The lowest BCUT2D eigenvalue weighted by Crippen LogP contribution is -2.46. The Balaban J connectivity index is 1.48. The van der Waals surface area contributed by atoms with Crippen LogP contribution >= 0.6 is 0 Å². The maximum absolute atomic E-state index is 13.6. The second-order valence-corrected chi connectivity index (χ2v) is 11.4. The molecular formula is C23H34N4O5S. The average molecular weight is 479 g/mol. The summed E-state index contributed by atoms with van der Waals surface area (Å²) in [5.74, 6) is -0.0556. The van der Waals surface area contributed by atoms with E-state index < -0.39 is 22.1 Å². The number of amides is 1. The van der Waals surface area contributed by atoms with Crippen molar-refractivity contribution in [2.75, 3.05) is 45.9 Å². The number of sulfonamides is 1. The molecule has 1 aromatic rings. The number of ether oxygens (including phenoxy) is 1. The molecular weight excluding hydrogens is 444 g/mol. The van der Waals surface area contributed by atoms with Crippen LogP contribution in [0.15, 0.2) is 29.4 Å². The smallest absolute Gasteiger partial charge is 0.261 e. The number of hydrogen-bond donors (Lipinski definition) is 0. The van der Waals surface area contributed by atoms with Gasteiger partial charge >= 0.3 is 0 Å². The number of aromatic nitrogens is 1. The standard InChI is InChI=1S/C23H34N4O5S/c1-17(2)15-18(6-9-25-11-13-32-14-12-25)23(29)26-10-7-19-22(26)20(28)16-27(19)33(30,31)21-5-3-4-8-24-21/h3-5,8,17-19,22H,6-7,9-16H2,1-2H3. The van der Waals surface area contributed by atoms with E-state index in [1.165, 1.54) is 16.6 Å². The summed E-state index contributed by atoms with van der Waals surface area (Å²) in [5.41, 5.74) is 0. The molecule has 0 bridgehead atoms. The number of fused-ring (bicyclic) bond motifs is 1. The van der Waals surface area contributed by atoms with E-state index in [9.17, 15) is 18.0 Å². The molecule has 0 aromatic carbocycles. The summed E-state index contributed by atoms with van der Waals surface area (Å²) in [6.07, 6.45) is 3.38. The average Bonchev–Trinajstić information content (AvgIpc) is 3.39. The summed E-state index contributed by atoms with van der Waals surface area (Å²) >= 11 is 0. The summed E-state index contributed by atoms with van der Waals surface area (Å²) < 4.78 is 33.0. The van der Waals surface area contributed by atoms with Crippen LogP contribution in [0.4, 0.5) is 0 Å². The fourth-order valence-corrected chi connectivity index (χ4v) is 6.83. The van der Waals surface area contributed by atoms with Crippen LogP contribution in [0.2, 0.25) is 0 Å². The number of ketones is 1. The van der Waals surface area contributed by atoms with Crippen molar-refractivity contribution in [3.8, 4) is 0 Å². The number of carbonyl (C=O) groups excluding carboxylic acids is 2. The van der Waals surface area contributed by atoms with Crippen molar-refractivity contribution in [3.63, 3.8) is 0 Å². The van der Waals surface area contributed by atoms with E-state index in [1.54, 1.807) is 17.0 Å². The maximum Gasteiger partial charge on any atom is 0.261 e. The Hall–Kier alpha value is -1.88. The van der Waals surface area contributed by atoms with Gasteiger partial charge < -0.3 is 9.64 Å². The molecule has 0 radical (unpaired) electrons. The Morgan fingerprint density at radius 1 is 1.21 bits per heavy atom. The molecule has 4 rings (SSSR count). The topological polar surface area (TPSA) is 100 Å². The lowest BCUT2D eigenvalue weighted by atomic mass is 9.92. The SMILES string of the molecule is CC(C)CC(CCN1CCOCC1)C(=O)N1CCC2C1C(=O)CN2S(=O)(=O)c1ccccn1. The molecule has 3 fully saturated rings. The van der Waals surface area contributed by atoms with E-state index >= 15 is 0 Å². The monoisotopic (exact) mass is 478 g/mol. The van der Waals surface area contributed by atoms with Gasteiger partial charge in [-0.15, -0.1) is 0 Å². The number of hydrogen-bond acceptors (Lipinski definition) is 7. The van der Waals surface area contributed by atoms with Crippen LogP contribution < -0.4 is 0 Å². The zero-order valence-electron chi connectivity index (χ0n) is 19.4. The zero-order valence-corrected chi connectivity index (χ0v) is 20.2. The highest BCUT2D eigenvalue weighted by atomic mass is 32.2. The Bertz CT molecular complexity index is 949. The summed E-state index contributed by atoms with van der Waals surface area (Å²) in [6, 6.07) is 3.49. The van der Waals surface area contributed by atoms with Gasteiger partial charge in [-0.2, -0.15) is 4.31 Å². The lowest BCUT2D eigenvalue weighted by Gasteiger charge is -2.31. The second kappa shape index (κ2) is 10.2. The molecule has 0 spiro atoms. The van der Waals surface area contributed by atoms with Crippen LogP contribution in [0.1, 0.15) is 33.1 Å². The van der Waals surface area contributed by atoms with Crippen molar-refractivity contribution in [1.82, 2.24) is 19.1 Å². The van der Waals surface area contributed by atoms with Gasteiger partial charge in [0.25, 0.3) is 10.0 Å². The maximum atomic E-state index is 13.6. The first-order valence-electron chi connectivity index (χ1n) is 11.8. The summed E-state index contributed by atoms with van der Waals surface area (Å²) in [6.45, 7) is 8.39. The van der Waals surface area contributed by atoms with Crippen molar-refractivity contribution in [2.45, 2.75) is 50.2 Å². The minimum Gasteiger partial charge on any atom is -0.379 e. The first-order chi connectivity index (χ1) is 15.8. The Morgan fingerprint density at radius 3 is 2.64 bits per heavy atom. The number of nitrogens with zero attached hydrogens (tertiary/aromatic N) is 4. The molecule has 10 heteroatoms. The number of morpholine rings is 1. The largest absolute Gasteiger partial charge is 0.379 e. The predicted octanol–water partition coefficient (Wildman–Crippen LogP) is 1.01. The van der Waals surface area contributed by atoms with Gasteiger partial charge in [-0.05, 0) is 43.9 Å². The molecule has 33 heavy (non-hydrogen) atoms. The van der Waals surface area contributed by atoms with E-state index in [2.05, 4.69) is 23.7 Å². The number of rotatable bonds is 8. The van der Waals surface area contributed by atoms with E-state index in [4.69, 9.17) is 4.74 Å². The van der Waals surface area contributed by atoms with Crippen molar-refractivity contribution >= 4 is 21.7 Å². The molecule has 3 saturated heterocycles. The number of carbonyl (C=O) groups is 2. The second-order valence-electron chi connectivity index (χ2n) is 9.59. The van der Waals surface area contributed by atoms with Gasteiger partial charge in [-0.1, -0.05) is 19.9 Å². The highest BCUT2D eigenvalue weighted by Crippen LogP contribution is 2.35. The minimum absolute atomic E-state index is 0.0186. The van der Waals surface area contributed by atoms with E-state index in [0.29, 0.717) is 32.1 Å². The number of Topliss-reactive ketones (excluding diaryl/α,β-unsaturated/α-hetero) is 1. The van der Waals surface area contributed by atoms with Crippen LogP contribution in [0.25, 0.3) is 0 Å². The van der Waals surface area contributed by atoms with Crippen LogP contribution in [-0.4, -0.2) is 97.2 Å². The molecule has 4 heterocycles. The summed E-state index contributed by atoms with van der Waals surface area (Å²) in [5, 5.41) is -0.0635. The van der Waals surface area contributed by atoms with Gasteiger partial charge in [0.1, 0.15) is 6.04 Å². The van der Waals surface area contributed by atoms with Gasteiger partial charge in [-0.3, -0.25) is 14.5 Å². The molecule has 3 aliphatic heterocycles. The third-order valence-corrected chi connectivity index (χ3v) is 8.66. The van der Waals surface area contributed by atoms with Crippen LogP contribution in [0, 0.1) is 11.8 Å². The molecule has 3 atom stereocenters. The molecule has 3 unspecified atom stereocenters. The van der Waals surface area contributed by atoms with Gasteiger partial charge in [-0.25, -0.2) is 13.4 Å². The molecule has 9 nitrogen and oxygen atoms in total. The fraction of sp³-hybridized carbons (Fsp3) is 0.696. The van der Waals surface area contributed by atoms with Crippen molar-refractivity contribution in [2.24, 2.45) is 11.8 Å². The Morgan fingerprint density at radius 2 is 1.97 bits per heavy atom. The Labute approximate surface area is 196 Å².